The highest BCUT2D eigenvalue weighted by Crippen LogP contribution is 2.36. The van der Waals surface area contributed by atoms with Gasteiger partial charge in [-0.25, -0.2) is 0 Å². The summed E-state index contributed by atoms with van der Waals surface area (Å²) in [5, 5.41) is 0. The van der Waals surface area contributed by atoms with Crippen LogP contribution in [0.4, 0.5) is 4.53 Å². The minimum Gasteiger partial charge on any atom is -0.425 e. The molecule has 1 atom stereocenters. The number of rotatable bonds is 3. The standard InChI is InChI=1S/C10H14FO3P/c1-10(2,3)8-5-4-6-9(7-8)13-15(12)14-11/h4-7,12H,1-3H3. The van der Waals surface area contributed by atoms with E-state index in [1.165, 1.54) is 0 Å². The van der Waals surface area contributed by atoms with Crippen LogP contribution in [0.25, 0.3) is 0 Å². The molecule has 15 heavy (non-hydrogen) atoms. The Morgan fingerprint density at radius 2 is 2.00 bits per heavy atom. The molecular formula is C10H14FO3P. The molecule has 0 heterocycles. The minimum absolute atomic E-state index is 0.0197. The molecule has 0 amide bonds. The fraction of sp³-hybridized carbons (Fsp3) is 0.400. The van der Waals surface area contributed by atoms with E-state index in [0.717, 1.165) is 5.56 Å². The van der Waals surface area contributed by atoms with Crippen LogP contribution in [0.1, 0.15) is 26.3 Å². The Hall–Kier alpha value is -0.700. The first-order chi connectivity index (χ1) is 6.93. The molecule has 0 aliphatic heterocycles. The van der Waals surface area contributed by atoms with Crippen LogP contribution in [0.15, 0.2) is 24.3 Å². The SMILES string of the molecule is CC(C)(C)c1cccc(OP(O)OF)c1. The van der Waals surface area contributed by atoms with Crippen LogP contribution < -0.4 is 4.52 Å². The van der Waals surface area contributed by atoms with Gasteiger partial charge < -0.3 is 9.42 Å². The van der Waals surface area contributed by atoms with Crippen molar-refractivity contribution in [3.8, 4) is 5.75 Å². The van der Waals surface area contributed by atoms with Gasteiger partial charge in [-0.3, -0.25) is 0 Å². The maximum Gasteiger partial charge on any atom is 0.428 e. The quantitative estimate of drug-likeness (QED) is 0.811. The van der Waals surface area contributed by atoms with Crippen molar-refractivity contribution in [2.24, 2.45) is 0 Å². The number of hydrogen-bond acceptors (Lipinski definition) is 3. The summed E-state index contributed by atoms with van der Waals surface area (Å²) in [6, 6.07) is 7.13. The Labute approximate surface area is 89.7 Å². The Bertz CT molecular complexity index is 325. The molecule has 1 unspecified atom stereocenters. The third-order valence-electron chi connectivity index (χ3n) is 1.94. The van der Waals surface area contributed by atoms with Gasteiger partial charge in [0.1, 0.15) is 5.75 Å². The van der Waals surface area contributed by atoms with Crippen molar-refractivity contribution in [1.82, 2.24) is 0 Å². The largest absolute Gasteiger partial charge is 0.428 e. The molecule has 0 radical (unpaired) electrons. The van der Waals surface area contributed by atoms with Gasteiger partial charge in [0.05, 0.1) is 0 Å². The van der Waals surface area contributed by atoms with Crippen molar-refractivity contribution in [3.05, 3.63) is 29.8 Å². The highest BCUT2D eigenvalue weighted by molar-refractivity contribution is 7.40. The van der Waals surface area contributed by atoms with Crippen LogP contribution in [0.5, 0.6) is 5.75 Å². The fourth-order valence-electron chi connectivity index (χ4n) is 1.12. The summed E-state index contributed by atoms with van der Waals surface area (Å²) in [5.74, 6) is 0.397. The highest BCUT2D eigenvalue weighted by Gasteiger charge is 2.15. The third-order valence-corrected chi connectivity index (χ3v) is 2.43. The van der Waals surface area contributed by atoms with Crippen LogP contribution in [-0.2, 0) is 10.1 Å². The molecule has 0 bridgehead atoms. The van der Waals surface area contributed by atoms with E-state index in [0.29, 0.717) is 5.75 Å². The van der Waals surface area contributed by atoms with Crippen molar-refractivity contribution >= 4 is 8.60 Å². The van der Waals surface area contributed by atoms with E-state index >= 15 is 0 Å². The van der Waals surface area contributed by atoms with Crippen LogP contribution in [0.2, 0.25) is 0 Å². The second-order valence-corrected chi connectivity index (χ2v) is 4.97. The lowest BCUT2D eigenvalue weighted by atomic mass is 9.87. The maximum atomic E-state index is 11.6. The lowest BCUT2D eigenvalue weighted by molar-refractivity contribution is -0.0177. The van der Waals surface area contributed by atoms with Gasteiger partial charge in [0.15, 0.2) is 0 Å². The first-order valence-corrected chi connectivity index (χ1v) is 5.63. The molecule has 3 nitrogen and oxygen atoms in total. The zero-order valence-corrected chi connectivity index (χ0v) is 9.79. The van der Waals surface area contributed by atoms with Crippen molar-refractivity contribution in [3.63, 3.8) is 0 Å². The van der Waals surface area contributed by atoms with Crippen molar-refractivity contribution in [2.75, 3.05) is 0 Å². The Kier molecular flexibility index (Phi) is 4.03. The zero-order chi connectivity index (χ0) is 11.5. The predicted molar refractivity (Wildman–Crippen MR) is 57.1 cm³/mol. The maximum absolute atomic E-state index is 11.6. The fourth-order valence-corrected chi connectivity index (χ4v) is 1.45. The molecule has 0 aliphatic carbocycles. The van der Waals surface area contributed by atoms with Crippen LogP contribution >= 0.6 is 8.60 Å². The summed E-state index contributed by atoms with van der Waals surface area (Å²) in [6.45, 7) is 6.17. The van der Waals surface area contributed by atoms with Gasteiger partial charge in [-0.1, -0.05) is 37.6 Å². The summed E-state index contributed by atoms with van der Waals surface area (Å²) in [7, 11) is -2.47. The molecule has 0 aromatic heterocycles. The topological polar surface area (TPSA) is 38.7 Å². The van der Waals surface area contributed by atoms with Gasteiger partial charge in [-0.05, 0) is 27.6 Å². The summed E-state index contributed by atoms with van der Waals surface area (Å²) >= 11 is 0. The van der Waals surface area contributed by atoms with Crippen LogP contribution in [0.3, 0.4) is 0 Å². The molecule has 0 aliphatic rings. The average molecular weight is 232 g/mol. The van der Waals surface area contributed by atoms with E-state index in [-0.39, 0.29) is 5.41 Å². The van der Waals surface area contributed by atoms with Gasteiger partial charge >= 0.3 is 8.60 Å². The second-order valence-electron chi connectivity index (χ2n) is 4.18. The number of halogens is 1. The van der Waals surface area contributed by atoms with E-state index in [2.05, 4.69) is 25.5 Å². The first kappa shape index (κ1) is 12.4. The molecule has 5 heteroatoms. The molecule has 0 fully saturated rings. The Morgan fingerprint density at radius 1 is 1.33 bits per heavy atom. The van der Waals surface area contributed by atoms with Crippen molar-refractivity contribution < 1.29 is 18.7 Å². The van der Waals surface area contributed by atoms with Crippen LogP contribution in [0, 0.1) is 0 Å². The minimum atomic E-state index is -2.47. The lowest BCUT2D eigenvalue weighted by Gasteiger charge is -2.19. The van der Waals surface area contributed by atoms with Gasteiger partial charge in [0.25, 0.3) is 0 Å². The normalized spacial score (nSPS) is 13.7. The number of hydrogen-bond donors (Lipinski definition) is 1. The van der Waals surface area contributed by atoms with E-state index in [1.807, 2.05) is 6.07 Å². The van der Waals surface area contributed by atoms with E-state index in [4.69, 9.17) is 9.42 Å². The monoisotopic (exact) mass is 232 g/mol. The smallest absolute Gasteiger partial charge is 0.425 e. The van der Waals surface area contributed by atoms with Gasteiger partial charge in [-0.15, -0.1) is 0 Å². The lowest BCUT2D eigenvalue weighted by Crippen LogP contribution is -2.10. The number of benzene rings is 1. The Balaban J connectivity index is 2.84. The molecule has 1 aromatic rings. The molecule has 0 saturated heterocycles. The molecule has 1 aromatic carbocycles. The average Bonchev–Trinajstić information content (AvgIpc) is 2.17. The summed E-state index contributed by atoms with van der Waals surface area (Å²) in [6.07, 6.45) is 0. The molecule has 1 N–H and O–H groups in total. The van der Waals surface area contributed by atoms with Crippen molar-refractivity contribution in [2.45, 2.75) is 26.2 Å². The van der Waals surface area contributed by atoms with Gasteiger partial charge in [0.2, 0.25) is 0 Å². The van der Waals surface area contributed by atoms with Crippen molar-refractivity contribution in [1.29, 1.82) is 0 Å². The molecule has 0 saturated carbocycles. The summed E-state index contributed by atoms with van der Waals surface area (Å²) in [5.41, 5.74) is 1.02. The second kappa shape index (κ2) is 4.88. The van der Waals surface area contributed by atoms with Gasteiger partial charge in [0, 0.05) is 0 Å². The molecule has 1 rings (SSSR count). The van der Waals surface area contributed by atoms with E-state index in [9.17, 15) is 4.53 Å². The third kappa shape index (κ3) is 3.74. The highest BCUT2D eigenvalue weighted by atomic mass is 31.2. The predicted octanol–water partition coefficient (Wildman–Crippen LogP) is 3.48. The molecular weight excluding hydrogens is 218 g/mol. The zero-order valence-electron chi connectivity index (χ0n) is 8.90. The Morgan fingerprint density at radius 3 is 2.53 bits per heavy atom. The van der Waals surface area contributed by atoms with E-state index in [1.54, 1.807) is 18.2 Å². The molecule has 84 valence electrons. The first-order valence-electron chi connectivity index (χ1n) is 4.49. The van der Waals surface area contributed by atoms with E-state index < -0.39 is 8.60 Å². The summed E-state index contributed by atoms with van der Waals surface area (Å²) < 4.78 is 19.6. The summed E-state index contributed by atoms with van der Waals surface area (Å²) in [4.78, 5) is 8.85. The van der Waals surface area contributed by atoms with Gasteiger partial charge in [-0.2, -0.15) is 0 Å². The van der Waals surface area contributed by atoms with Crippen LogP contribution in [-0.4, -0.2) is 4.89 Å². The molecule has 0 spiro atoms.